The number of nitrogens with two attached hydrogens (primary N) is 1. The topological polar surface area (TPSA) is 56.0 Å². The number of primary amides is 1. The fourth-order valence-corrected chi connectivity index (χ4v) is 2.33. The van der Waals surface area contributed by atoms with E-state index in [-0.39, 0.29) is 0 Å². The maximum absolute atomic E-state index is 11.0. The SMILES string of the molecule is CCCc1ccc(-c2csc(C(N)=O)n2)cc1. The molecule has 0 spiro atoms. The first-order chi connectivity index (χ1) is 8.20. The zero-order valence-corrected chi connectivity index (χ0v) is 10.5. The number of aromatic nitrogens is 1. The van der Waals surface area contributed by atoms with Crippen LogP contribution in [0.4, 0.5) is 0 Å². The maximum Gasteiger partial charge on any atom is 0.277 e. The summed E-state index contributed by atoms with van der Waals surface area (Å²) in [6.45, 7) is 2.16. The Bertz CT molecular complexity index is 516. The molecule has 2 aromatic rings. The Kier molecular flexibility index (Phi) is 3.54. The van der Waals surface area contributed by atoms with E-state index >= 15 is 0 Å². The Morgan fingerprint density at radius 2 is 2.06 bits per heavy atom. The fraction of sp³-hybridized carbons (Fsp3) is 0.231. The van der Waals surface area contributed by atoms with Crippen molar-refractivity contribution in [2.45, 2.75) is 19.8 Å². The predicted octanol–water partition coefficient (Wildman–Crippen LogP) is 2.86. The van der Waals surface area contributed by atoms with Crippen LogP contribution < -0.4 is 5.73 Å². The molecule has 2 N–H and O–H groups in total. The number of hydrogen-bond donors (Lipinski definition) is 1. The van der Waals surface area contributed by atoms with E-state index in [1.807, 2.05) is 17.5 Å². The summed E-state index contributed by atoms with van der Waals surface area (Å²) in [5.41, 5.74) is 8.33. The predicted molar refractivity (Wildman–Crippen MR) is 70.1 cm³/mol. The molecule has 1 aromatic carbocycles. The monoisotopic (exact) mass is 246 g/mol. The standard InChI is InChI=1S/C13H14N2OS/c1-2-3-9-4-6-10(7-5-9)11-8-17-13(15-11)12(14)16/h4-8H,2-3H2,1H3,(H2,14,16). The first-order valence-corrected chi connectivity index (χ1v) is 6.43. The van der Waals surface area contributed by atoms with Gasteiger partial charge >= 0.3 is 0 Å². The zero-order chi connectivity index (χ0) is 12.3. The van der Waals surface area contributed by atoms with E-state index in [2.05, 4.69) is 24.0 Å². The van der Waals surface area contributed by atoms with Gasteiger partial charge in [0.15, 0.2) is 5.01 Å². The van der Waals surface area contributed by atoms with Crippen LogP contribution in [0.2, 0.25) is 0 Å². The normalized spacial score (nSPS) is 10.4. The van der Waals surface area contributed by atoms with Crippen LogP contribution in [0.25, 0.3) is 11.3 Å². The molecule has 0 aliphatic carbocycles. The number of carbonyl (C=O) groups is 1. The minimum Gasteiger partial charge on any atom is -0.364 e. The van der Waals surface area contributed by atoms with Crippen molar-refractivity contribution >= 4 is 17.2 Å². The van der Waals surface area contributed by atoms with Gasteiger partial charge in [-0.1, -0.05) is 37.6 Å². The van der Waals surface area contributed by atoms with Gasteiger partial charge in [-0.15, -0.1) is 11.3 Å². The number of rotatable bonds is 4. The smallest absolute Gasteiger partial charge is 0.277 e. The Morgan fingerprint density at radius 3 is 2.59 bits per heavy atom. The molecule has 2 rings (SSSR count). The van der Waals surface area contributed by atoms with Crippen molar-refractivity contribution in [1.29, 1.82) is 0 Å². The lowest BCUT2D eigenvalue weighted by Gasteiger charge is -2.00. The van der Waals surface area contributed by atoms with Crippen LogP contribution in [0, 0.1) is 0 Å². The number of nitrogens with zero attached hydrogens (tertiary/aromatic N) is 1. The second kappa shape index (κ2) is 5.10. The van der Waals surface area contributed by atoms with E-state index in [0.29, 0.717) is 5.01 Å². The number of benzene rings is 1. The van der Waals surface area contributed by atoms with Crippen LogP contribution in [-0.2, 0) is 6.42 Å². The molecular formula is C13H14N2OS. The van der Waals surface area contributed by atoms with E-state index < -0.39 is 5.91 Å². The average Bonchev–Trinajstić information content (AvgIpc) is 2.80. The highest BCUT2D eigenvalue weighted by atomic mass is 32.1. The van der Waals surface area contributed by atoms with Crippen molar-refractivity contribution in [3.8, 4) is 11.3 Å². The van der Waals surface area contributed by atoms with Gasteiger partial charge in [-0.05, 0) is 12.0 Å². The van der Waals surface area contributed by atoms with Crippen LogP contribution in [0.15, 0.2) is 29.6 Å². The van der Waals surface area contributed by atoms with Gasteiger partial charge in [0.05, 0.1) is 5.69 Å². The lowest BCUT2D eigenvalue weighted by molar-refractivity contribution is 0.1000. The Balaban J connectivity index is 2.23. The van der Waals surface area contributed by atoms with Crippen molar-refractivity contribution < 1.29 is 4.79 Å². The highest BCUT2D eigenvalue weighted by Crippen LogP contribution is 2.22. The van der Waals surface area contributed by atoms with Crippen molar-refractivity contribution in [3.63, 3.8) is 0 Å². The van der Waals surface area contributed by atoms with E-state index in [1.165, 1.54) is 16.9 Å². The first kappa shape index (κ1) is 11.8. The van der Waals surface area contributed by atoms with Crippen LogP contribution >= 0.6 is 11.3 Å². The van der Waals surface area contributed by atoms with Crippen LogP contribution in [0.1, 0.15) is 28.7 Å². The molecular weight excluding hydrogens is 232 g/mol. The van der Waals surface area contributed by atoms with Crippen LogP contribution in [0.5, 0.6) is 0 Å². The Hall–Kier alpha value is -1.68. The van der Waals surface area contributed by atoms with Crippen molar-refractivity contribution in [1.82, 2.24) is 4.98 Å². The summed E-state index contributed by atoms with van der Waals surface area (Å²) in [4.78, 5) is 15.2. The number of thiazole rings is 1. The summed E-state index contributed by atoms with van der Waals surface area (Å²) in [5, 5.41) is 2.21. The molecule has 0 fully saturated rings. The molecule has 0 radical (unpaired) electrons. The van der Waals surface area contributed by atoms with Crippen LogP contribution in [0.3, 0.4) is 0 Å². The minimum atomic E-state index is -0.469. The highest BCUT2D eigenvalue weighted by Gasteiger charge is 2.08. The molecule has 0 bridgehead atoms. The summed E-state index contributed by atoms with van der Waals surface area (Å²) in [5.74, 6) is -0.469. The molecule has 3 nitrogen and oxygen atoms in total. The molecule has 1 heterocycles. The summed E-state index contributed by atoms with van der Waals surface area (Å²) in [7, 11) is 0. The Morgan fingerprint density at radius 1 is 1.35 bits per heavy atom. The molecule has 0 aliphatic heterocycles. The van der Waals surface area contributed by atoms with E-state index in [9.17, 15) is 4.79 Å². The highest BCUT2D eigenvalue weighted by molar-refractivity contribution is 7.12. The van der Waals surface area contributed by atoms with Crippen molar-refractivity contribution in [2.75, 3.05) is 0 Å². The largest absolute Gasteiger partial charge is 0.364 e. The first-order valence-electron chi connectivity index (χ1n) is 5.55. The fourth-order valence-electron chi connectivity index (χ4n) is 1.65. The van der Waals surface area contributed by atoms with Gasteiger partial charge in [-0.25, -0.2) is 4.98 Å². The minimum absolute atomic E-state index is 0.359. The number of carbonyl (C=O) groups excluding carboxylic acids is 1. The molecule has 17 heavy (non-hydrogen) atoms. The third-order valence-electron chi connectivity index (χ3n) is 2.50. The third kappa shape index (κ3) is 2.71. The number of aryl methyl sites for hydroxylation is 1. The summed E-state index contributed by atoms with van der Waals surface area (Å²) in [6, 6.07) is 8.26. The third-order valence-corrected chi connectivity index (χ3v) is 3.36. The van der Waals surface area contributed by atoms with Gasteiger partial charge in [0, 0.05) is 10.9 Å². The molecule has 4 heteroatoms. The lowest BCUT2D eigenvalue weighted by Crippen LogP contribution is -2.10. The van der Waals surface area contributed by atoms with E-state index in [0.717, 1.165) is 24.1 Å². The van der Waals surface area contributed by atoms with Gasteiger partial charge in [0.1, 0.15) is 0 Å². The quantitative estimate of drug-likeness (QED) is 0.901. The molecule has 88 valence electrons. The summed E-state index contributed by atoms with van der Waals surface area (Å²) >= 11 is 1.28. The van der Waals surface area contributed by atoms with Crippen molar-refractivity contribution in [3.05, 3.63) is 40.2 Å². The second-order valence-electron chi connectivity index (χ2n) is 3.85. The van der Waals surface area contributed by atoms with Crippen molar-refractivity contribution in [2.24, 2.45) is 5.73 Å². The second-order valence-corrected chi connectivity index (χ2v) is 4.71. The number of hydrogen-bond acceptors (Lipinski definition) is 3. The Labute approximate surface area is 104 Å². The molecule has 1 amide bonds. The lowest BCUT2D eigenvalue weighted by atomic mass is 10.1. The maximum atomic E-state index is 11.0. The van der Waals surface area contributed by atoms with Gasteiger partial charge in [-0.2, -0.15) is 0 Å². The van der Waals surface area contributed by atoms with E-state index in [1.54, 1.807) is 0 Å². The number of amides is 1. The molecule has 0 saturated carbocycles. The van der Waals surface area contributed by atoms with Gasteiger partial charge < -0.3 is 5.73 Å². The molecule has 1 aromatic heterocycles. The van der Waals surface area contributed by atoms with Crippen LogP contribution in [-0.4, -0.2) is 10.9 Å². The molecule has 0 unspecified atom stereocenters. The molecule has 0 atom stereocenters. The summed E-state index contributed by atoms with van der Waals surface area (Å²) < 4.78 is 0. The van der Waals surface area contributed by atoms with Gasteiger partial charge in [0.25, 0.3) is 5.91 Å². The van der Waals surface area contributed by atoms with E-state index in [4.69, 9.17) is 5.73 Å². The average molecular weight is 246 g/mol. The van der Waals surface area contributed by atoms with Gasteiger partial charge in [-0.3, -0.25) is 4.79 Å². The zero-order valence-electron chi connectivity index (χ0n) is 9.64. The van der Waals surface area contributed by atoms with Gasteiger partial charge in [0.2, 0.25) is 0 Å². The summed E-state index contributed by atoms with van der Waals surface area (Å²) in [6.07, 6.45) is 2.23. The molecule has 0 saturated heterocycles. The molecule has 0 aliphatic rings.